The van der Waals surface area contributed by atoms with Gasteiger partial charge in [0.1, 0.15) is 0 Å². The summed E-state index contributed by atoms with van der Waals surface area (Å²) in [6, 6.07) is 0. The molecule has 0 spiro atoms. The average molecular weight is 176 g/mol. The number of Topliss-reactive ketones (excluding diaryl/α,β-unsaturated/α-hetero) is 1. The smallest absolute Gasteiger partial charge is 0.372 e. The summed E-state index contributed by atoms with van der Waals surface area (Å²) in [5.74, 6) is -4.71. The Morgan fingerprint density at radius 1 is 1.25 bits per heavy atom. The fourth-order valence-corrected chi connectivity index (χ4v) is 0.464. The highest BCUT2D eigenvalue weighted by molar-refractivity contribution is 6.33. The van der Waals surface area contributed by atoms with Crippen molar-refractivity contribution in [3.63, 3.8) is 0 Å². The number of aliphatic hydroxyl groups is 1. The van der Waals surface area contributed by atoms with Gasteiger partial charge in [-0.15, -0.1) is 0 Å². The van der Waals surface area contributed by atoms with Crippen LogP contribution in [-0.4, -0.2) is 38.6 Å². The van der Waals surface area contributed by atoms with Crippen LogP contribution in [0.5, 0.6) is 0 Å². The number of carboxylic acids is 2. The van der Waals surface area contributed by atoms with Crippen molar-refractivity contribution in [1.29, 1.82) is 0 Å². The van der Waals surface area contributed by atoms with Gasteiger partial charge in [0.2, 0.25) is 5.78 Å². The van der Waals surface area contributed by atoms with Crippen LogP contribution in [0.15, 0.2) is 0 Å². The molecule has 0 aliphatic heterocycles. The molecule has 0 fully saturated rings. The molecule has 68 valence electrons. The molecule has 12 heavy (non-hydrogen) atoms. The summed E-state index contributed by atoms with van der Waals surface area (Å²) in [6.45, 7) is 0.857. The van der Waals surface area contributed by atoms with Crippen molar-refractivity contribution in [3.8, 4) is 0 Å². The molecular weight excluding hydrogens is 168 g/mol. The van der Waals surface area contributed by atoms with Crippen molar-refractivity contribution < 1.29 is 29.7 Å². The zero-order chi connectivity index (χ0) is 9.94. The zero-order valence-corrected chi connectivity index (χ0v) is 6.27. The van der Waals surface area contributed by atoms with Gasteiger partial charge in [0.05, 0.1) is 6.42 Å². The van der Waals surface area contributed by atoms with Crippen molar-refractivity contribution in [3.05, 3.63) is 0 Å². The molecule has 0 bridgehead atoms. The summed E-state index contributed by atoms with van der Waals surface area (Å²) < 4.78 is 0. The van der Waals surface area contributed by atoms with Crippen LogP contribution < -0.4 is 0 Å². The van der Waals surface area contributed by atoms with Crippen molar-refractivity contribution in [2.24, 2.45) is 0 Å². The lowest BCUT2D eigenvalue weighted by molar-refractivity contribution is -0.162. The molecule has 0 aliphatic carbocycles. The highest BCUT2D eigenvalue weighted by Crippen LogP contribution is 2.09. The second-order valence-electron chi connectivity index (χ2n) is 2.48. The van der Waals surface area contributed by atoms with E-state index >= 15 is 0 Å². The number of carbonyl (C=O) groups is 3. The van der Waals surface area contributed by atoms with Crippen LogP contribution in [0.2, 0.25) is 0 Å². The van der Waals surface area contributed by atoms with Gasteiger partial charge in [-0.1, -0.05) is 0 Å². The maximum atomic E-state index is 10.4. The molecule has 0 aromatic carbocycles. The minimum Gasteiger partial charge on any atom is -0.479 e. The number of ketones is 1. The largest absolute Gasteiger partial charge is 0.479 e. The Kier molecular flexibility index (Phi) is 2.92. The summed E-state index contributed by atoms with van der Waals surface area (Å²) in [6.07, 6.45) is -0.933. The molecule has 0 saturated carbocycles. The average Bonchev–Trinajstić information content (AvgIpc) is 1.85. The number of rotatable bonds is 4. The van der Waals surface area contributed by atoms with Crippen molar-refractivity contribution >= 4 is 17.7 Å². The third kappa shape index (κ3) is 2.67. The van der Waals surface area contributed by atoms with E-state index in [2.05, 4.69) is 0 Å². The van der Waals surface area contributed by atoms with Gasteiger partial charge in [0.25, 0.3) is 0 Å². The topological polar surface area (TPSA) is 112 Å². The Morgan fingerprint density at radius 2 is 1.67 bits per heavy atom. The molecule has 6 nitrogen and oxygen atoms in total. The molecule has 0 aromatic heterocycles. The van der Waals surface area contributed by atoms with E-state index in [9.17, 15) is 14.4 Å². The second kappa shape index (κ2) is 3.31. The Bertz CT molecular complexity index is 228. The lowest BCUT2D eigenvalue weighted by atomic mass is 10.00. The Hall–Kier alpha value is -1.43. The van der Waals surface area contributed by atoms with E-state index in [-0.39, 0.29) is 0 Å². The Balaban J connectivity index is 4.35. The molecular formula is C6H8O6. The van der Waals surface area contributed by atoms with E-state index in [1.165, 1.54) is 0 Å². The normalized spacial score (nSPS) is 14.8. The maximum absolute atomic E-state index is 10.4. The molecule has 0 unspecified atom stereocenters. The molecule has 0 saturated heterocycles. The van der Waals surface area contributed by atoms with Gasteiger partial charge >= 0.3 is 11.9 Å². The predicted octanol–water partition coefficient (Wildman–Crippen LogP) is -1.13. The number of aliphatic carboxylic acids is 2. The predicted molar refractivity (Wildman–Crippen MR) is 35.5 cm³/mol. The first-order valence-corrected chi connectivity index (χ1v) is 2.99. The molecule has 0 amide bonds. The third-order valence-corrected chi connectivity index (χ3v) is 1.20. The minimum atomic E-state index is -2.31. The minimum absolute atomic E-state index is 0.857. The first-order valence-electron chi connectivity index (χ1n) is 2.99. The van der Waals surface area contributed by atoms with E-state index in [0.29, 0.717) is 0 Å². The van der Waals surface area contributed by atoms with Crippen molar-refractivity contribution in [2.45, 2.75) is 18.9 Å². The third-order valence-electron chi connectivity index (χ3n) is 1.20. The summed E-state index contributed by atoms with van der Waals surface area (Å²) in [5, 5.41) is 25.3. The molecule has 0 radical (unpaired) electrons. The second-order valence-corrected chi connectivity index (χ2v) is 2.48. The summed E-state index contributed by atoms with van der Waals surface area (Å²) in [4.78, 5) is 30.6. The molecule has 6 heteroatoms. The van der Waals surface area contributed by atoms with E-state index in [1.54, 1.807) is 0 Å². The van der Waals surface area contributed by atoms with Gasteiger partial charge < -0.3 is 15.3 Å². The van der Waals surface area contributed by atoms with Gasteiger partial charge in [-0.05, 0) is 6.92 Å². The molecule has 3 N–H and O–H groups in total. The number of hydrogen-bond donors (Lipinski definition) is 3. The SMILES string of the molecule is C[C@](O)(CC(=O)C(=O)O)C(=O)O. The van der Waals surface area contributed by atoms with Crippen LogP contribution in [0.4, 0.5) is 0 Å². The number of carbonyl (C=O) groups excluding carboxylic acids is 1. The van der Waals surface area contributed by atoms with Crippen LogP contribution >= 0.6 is 0 Å². The van der Waals surface area contributed by atoms with Crippen molar-refractivity contribution in [1.82, 2.24) is 0 Å². The maximum Gasteiger partial charge on any atom is 0.372 e. The summed E-state index contributed by atoms with van der Waals surface area (Å²) in [5.41, 5.74) is -2.31. The van der Waals surface area contributed by atoms with E-state index in [0.717, 1.165) is 6.92 Å². The summed E-state index contributed by atoms with van der Waals surface area (Å²) in [7, 11) is 0. The van der Waals surface area contributed by atoms with Gasteiger partial charge in [0.15, 0.2) is 5.60 Å². The zero-order valence-electron chi connectivity index (χ0n) is 6.27. The Morgan fingerprint density at radius 3 is 1.92 bits per heavy atom. The van der Waals surface area contributed by atoms with Gasteiger partial charge in [-0.25, -0.2) is 9.59 Å². The van der Waals surface area contributed by atoms with Crippen LogP contribution in [0.3, 0.4) is 0 Å². The molecule has 0 aromatic rings. The van der Waals surface area contributed by atoms with E-state index < -0.39 is 29.7 Å². The van der Waals surface area contributed by atoms with E-state index in [1.807, 2.05) is 0 Å². The highest BCUT2D eigenvalue weighted by atomic mass is 16.4. The lowest BCUT2D eigenvalue weighted by Crippen LogP contribution is -2.38. The molecule has 0 heterocycles. The fourth-order valence-electron chi connectivity index (χ4n) is 0.464. The highest BCUT2D eigenvalue weighted by Gasteiger charge is 2.34. The van der Waals surface area contributed by atoms with Gasteiger partial charge in [0, 0.05) is 0 Å². The van der Waals surface area contributed by atoms with Crippen LogP contribution in [0, 0.1) is 0 Å². The van der Waals surface area contributed by atoms with Crippen LogP contribution in [0.1, 0.15) is 13.3 Å². The van der Waals surface area contributed by atoms with Gasteiger partial charge in [-0.2, -0.15) is 0 Å². The van der Waals surface area contributed by atoms with Crippen LogP contribution in [-0.2, 0) is 14.4 Å². The summed E-state index contributed by atoms with van der Waals surface area (Å²) >= 11 is 0. The monoisotopic (exact) mass is 176 g/mol. The first kappa shape index (κ1) is 10.6. The molecule has 0 rings (SSSR count). The number of carboxylic acid groups (broad SMARTS) is 2. The Labute approximate surface area is 67.4 Å². The lowest BCUT2D eigenvalue weighted by Gasteiger charge is -2.14. The molecule has 1 atom stereocenters. The fraction of sp³-hybridized carbons (Fsp3) is 0.500. The number of hydrogen-bond acceptors (Lipinski definition) is 4. The van der Waals surface area contributed by atoms with Gasteiger partial charge in [-0.3, -0.25) is 4.79 Å². The first-order chi connectivity index (χ1) is 5.27. The van der Waals surface area contributed by atoms with Crippen LogP contribution in [0.25, 0.3) is 0 Å². The quantitative estimate of drug-likeness (QED) is 0.467. The standard InChI is InChI=1S/C6H8O6/c1-6(12,5(10)11)2-3(7)4(8)9/h12H,2H2,1H3,(H,8,9)(H,10,11)/t6-/m0/s1. The van der Waals surface area contributed by atoms with Crippen molar-refractivity contribution in [2.75, 3.05) is 0 Å². The van der Waals surface area contributed by atoms with E-state index in [4.69, 9.17) is 15.3 Å². The molecule has 0 aliphatic rings.